The van der Waals surface area contributed by atoms with Gasteiger partial charge < -0.3 is 10.4 Å². The second-order valence-electron chi connectivity index (χ2n) is 5.29. The summed E-state index contributed by atoms with van der Waals surface area (Å²) in [7, 11) is 0. The Kier molecular flexibility index (Phi) is 3.94. The molecule has 0 heterocycles. The van der Waals surface area contributed by atoms with Crippen molar-refractivity contribution in [2.45, 2.75) is 52.5 Å². The number of carbonyl (C=O) groups excluding carboxylic acids is 1. The summed E-state index contributed by atoms with van der Waals surface area (Å²) in [6.45, 7) is 6.06. The summed E-state index contributed by atoms with van der Waals surface area (Å²) in [4.78, 5) is 22.7. The normalized spacial score (nSPS) is 23.6. The van der Waals surface area contributed by atoms with Gasteiger partial charge in [-0.2, -0.15) is 0 Å². The lowest BCUT2D eigenvalue weighted by atomic mass is 10.1. The summed E-state index contributed by atoms with van der Waals surface area (Å²) in [6.07, 6.45) is 3.14. The third kappa shape index (κ3) is 3.22. The monoisotopic (exact) mass is 227 g/mol. The van der Waals surface area contributed by atoms with Gasteiger partial charge in [-0.15, -0.1) is 0 Å². The van der Waals surface area contributed by atoms with E-state index in [-0.39, 0.29) is 17.2 Å². The molecule has 2 N–H and O–H groups in total. The molecule has 0 saturated heterocycles. The number of aliphatic carboxylic acids is 1. The van der Waals surface area contributed by atoms with E-state index in [2.05, 4.69) is 5.32 Å². The highest BCUT2D eigenvalue weighted by Crippen LogP contribution is 2.51. The molecule has 4 nitrogen and oxygen atoms in total. The van der Waals surface area contributed by atoms with Crippen molar-refractivity contribution in [1.82, 2.24) is 5.32 Å². The maximum atomic E-state index is 11.7. The minimum absolute atomic E-state index is 0.00373. The van der Waals surface area contributed by atoms with Gasteiger partial charge in [0.2, 0.25) is 5.91 Å². The number of rotatable bonds is 6. The summed E-state index contributed by atoms with van der Waals surface area (Å²) in [5.41, 5.74) is 0.0535. The van der Waals surface area contributed by atoms with E-state index in [4.69, 9.17) is 5.11 Å². The highest BCUT2D eigenvalue weighted by atomic mass is 16.4. The molecule has 2 atom stereocenters. The zero-order valence-corrected chi connectivity index (χ0v) is 10.2. The summed E-state index contributed by atoms with van der Waals surface area (Å²) in [6, 6.07) is -0.719. The van der Waals surface area contributed by atoms with Crippen LogP contribution in [0.15, 0.2) is 0 Å². The zero-order chi connectivity index (χ0) is 12.3. The minimum atomic E-state index is -0.930. The zero-order valence-electron chi connectivity index (χ0n) is 10.2. The first-order chi connectivity index (χ1) is 7.38. The molecular formula is C12H21NO3. The van der Waals surface area contributed by atoms with Crippen molar-refractivity contribution in [2.24, 2.45) is 11.3 Å². The number of hydrogen-bond donors (Lipinski definition) is 2. The third-order valence-corrected chi connectivity index (χ3v) is 3.29. The highest BCUT2D eigenvalue weighted by molar-refractivity contribution is 5.87. The molecule has 0 radical (unpaired) electrons. The lowest BCUT2D eigenvalue weighted by molar-refractivity contribution is -0.142. The van der Waals surface area contributed by atoms with Gasteiger partial charge in [0.05, 0.1) is 0 Å². The van der Waals surface area contributed by atoms with Crippen molar-refractivity contribution in [2.75, 3.05) is 0 Å². The van der Waals surface area contributed by atoms with E-state index in [1.807, 2.05) is 20.8 Å². The van der Waals surface area contributed by atoms with Crippen LogP contribution in [0.1, 0.15) is 46.5 Å². The molecule has 0 spiro atoms. The van der Waals surface area contributed by atoms with Gasteiger partial charge >= 0.3 is 5.97 Å². The van der Waals surface area contributed by atoms with Gasteiger partial charge in [-0.05, 0) is 18.3 Å². The Balaban J connectivity index is 2.43. The quantitative estimate of drug-likeness (QED) is 0.727. The SMILES string of the molecule is CCCC[C@H](NC(=O)C1CC1(C)C)C(=O)O. The number of nitrogens with one attached hydrogen (secondary N) is 1. The Morgan fingerprint density at radius 3 is 2.44 bits per heavy atom. The van der Waals surface area contributed by atoms with Crippen LogP contribution in [0.3, 0.4) is 0 Å². The molecule has 1 fully saturated rings. The molecule has 1 saturated carbocycles. The second-order valence-corrected chi connectivity index (χ2v) is 5.29. The van der Waals surface area contributed by atoms with E-state index >= 15 is 0 Å². The summed E-state index contributed by atoms with van der Waals surface area (Å²) in [5, 5.41) is 11.6. The van der Waals surface area contributed by atoms with Gasteiger partial charge in [-0.25, -0.2) is 4.79 Å². The number of carboxylic acid groups (broad SMARTS) is 1. The lowest BCUT2D eigenvalue weighted by Crippen LogP contribution is -2.42. The van der Waals surface area contributed by atoms with E-state index < -0.39 is 12.0 Å². The molecule has 16 heavy (non-hydrogen) atoms. The molecule has 0 aromatic carbocycles. The first-order valence-corrected chi connectivity index (χ1v) is 5.91. The van der Waals surface area contributed by atoms with Gasteiger partial charge in [0, 0.05) is 5.92 Å². The van der Waals surface area contributed by atoms with Crippen LogP contribution in [0.4, 0.5) is 0 Å². The van der Waals surface area contributed by atoms with Crippen LogP contribution in [0.5, 0.6) is 0 Å². The van der Waals surface area contributed by atoms with Gasteiger partial charge in [-0.1, -0.05) is 33.6 Å². The molecular weight excluding hydrogens is 206 g/mol. The van der Waals surface area contributed by atoms with Crippen LogP contribution < -0.4 is 5.32 Å². The van der Waals surface area contributed by atoms with Crippen molar-refractivity contribution in [3.63, 3.8) is 0 Å². The Hall–Kier alpha value is -1.06. The average Bonchev–Trinajstić information content (AvgIpc) is 2.81. The predicted octanol–water partition coefficient (Wildman–Crippen LogP) is 1.79. The Bertz CT molecular complexity index is 286. The third-order valence-electron chi connectivity index (χ3n) is 3.29. The number of hydrogen-bond acceptors (Lipinski definition) is 2. The van der Waals surface area contributed by atoms with E-state index in [0.29, 0.717) is 6.42 Å². The molecule has 0 aromatic heterocycles. The van der Waals surface area contributed by atoms with Crippen molar-refractivity contribution >= 4 is 11.9 Å². The first-order valence-electron chi connectivity index (χ1n) is 5.91. The first kappa shape index (κ1) is 13.0. The minimum Gasteiger partial charge on any atom is -0.480 e. The topological polar surface area (TPSA) is 66.4 Å². The fraction of sp³-hybridized carbons (Fsp3) is 0.833. The molecule has 0 bridgehead atoms. The van der Waals surface area contributed by atoms with Gasteiger partial charge in [-0.3, -0.25) is 4.79 Å². The summed E-state index contributed by atoms with van der Waals surface area (Å²) >= 11 is 0. The van der Waals surface area contributed by atoms with Gasteiger partial charge in [0.1, 0.15) is 6.04 Å². The van der Waals surface area contributed by atoms with Gasteiger partial charge in [0.25, 0.3) is 0 Å². The Morgan fingerprint density at radius 1 is 1.50 bits per heavy atom. The number of carbonyl (C=O) groups is 2. The average molecular weight is 227 g/mol. The fourth-order valence-corrected chi connectivity index (χ4v) is 1.85. The van der Waals surface area contributed by atoms with E-state index in [1.54, 1.807) is 0 Å². The van der Waals surface area contributed by atoms with Crippen molar-refractivity contribution < 1.29 is 14.7 Å². The van der Waals surface area contributed by atoms with Crippen LogP contribution in [0.25, 0.3) is 0 Å². The van der Waals surface area contributed by atoms with Crippen LogP contribution >= 0.6 is 0 Å². The maximum Gasteiger partial charge on any atom is 0.326 e. The summed E-state index contributed by atoms with van der Waals surface area (Å²) in [5.74, 6) is -1.04. The Labute approximate surface area is 96.4 Å². The predicted molar refractivity (Wildman–Crippen MR) is 61.0 cm³/mol. The molecule has 1 aliphatic carbocycles. The molecule has 1 unspecified atom stereocenters. The van der Waals surface area contributed by atoms with Gasteiger partial charge in [0.15, 0.2) is 0 Å². The number of unbranched alkanes of at least 4 members (excludes halogenated alkanes) is 1. The number of amides is 1. The second kappa shape index (κ2) is 4.85. The van der Waals surface area contributed by atoms with E-state index in [9.17, 15) is 9.59 Å². The molecule has 0 aliphatic heterocycles. The Morgan fingerprint density at radius 2 is 2.06 bits per heavy atom. The molecule has 92 valence electrons. The van der Waals surface area contributed by atoms with Crippen LogP contribution in [-0.2, 0) is 9.59 Å². The number of carboxylic acids is 1. The molecule has 1 amide bonds. The summed E-state index contributed by atoms with van der Waals surface area (Å²) < 4.78 is 0. The van der Waals surface area contributed by atoms with Crippen molar-refractivity contribution in [3.8, 4) is 0 Å². The lowest BCUT2D eigenvalue weighted by Gasteiger charge is -2.14. The van der Waals surface area contributed by atoms with Crippen LogP contribution in [-0.4, -0.2) is 23.0 Å². The molecule has 0 aromatic rings. The fourth-order valence-electron chi connectivity index (χ4n) is 1.85. The maximum absolute atomic E-state index is 11.7. The molecule has 1 aliphatic rings. The molecule has 1 rings (SSSR count). The largest absolute Gasteiger partial charge is 0.480 e. The molecule has 4 heteroatoms. The van der Waals surface area contributed by atoms with Crippen LogP contribution in [0.2, 0.25) is 0 Å². The van der Waals surface area contributed by atoms with Crippen molar-refractivity contribution in [3.05, 3.63) is 0 Å². The smallest absolute Gasteiger partial charge is 0.326 e. The van der Waals surface area contributed by atoms with Crippen molar-refractivity contribution in [1.29, 1.82) is 0 Å². The van der Waals surface area contributed by atoms with Crippen LogP contribution in [0, 0.1) is 11.3 Å². The van der Waals surface area contributed by atoms with E-state index in [0.717, 1.165) is 19.3 Å². The highest BCUT2D eigenvalue weighted by Gasteiger charge is 2.51. The van der Waals surface area contributed by atoms with E-state index in [1.165, 1.54) is 0 Å². The standard InChI is InChI=1S/C12H21NO3/c1-4-5-6-9(11(15)16)13-10(14)8-7-12(8,2)3/h8-9H,4-7H2,1-3H3,(H,13,14)(H,15,16)/t8?,9-/m0/s1.